The summed E-state index contributed by atoms with van der Waals surface area (Å²) in [6, 6.07) is 0. The maximum Gasteiger partial charge on any atom is 0.320 e. The van der Waals surface area contributed by atoms with E-state index < -0.39 is 28.3 Å². The summed E-state index contributed by atoms with van der Waals surface area (Å²) in [4.78, 5) is 37.6. The topological polar surface area (TPSA) is 60.4 Å². The number of esters is 1. The Hall–Kier alpha value is -1.19. The van der Waals surface area contributed by atoms with E-state index in [9.17, 15) is 14.4 Å². The zero-order valence-corrected chi connectivity index (χ0v) is 13.2. The second kappa shape index (κ2) is 4.15. The lowest BCUT2D eigenvalue weighted by atomic mass is 9.67. The van der Waals surface area contributed by atoms with Crippen LogP contribution in [0.1, 0.15) is 54.4 Å². The minimum absolute atomic E-state index is 0.0239. The van der Waals surface area contributed by atoms with Crippen LogP contribution in [-0.4, -0.2) is 23.1 Å². The van der Waals surface area contributed by atoms with Crippen molar-refractivity contribution in [2.24, 2.45) is 22.7 Å². The first-order chi connectivity index (χ1) is 8.92. The van der Waals surface area contributed by atoms with E-state index in [-0.39, 0.29) is 17.5 Å². The molecule has 0 saturated heterocycles. The van der Waals surface area contributed by atoms with Gasteiger partial charge in [-0.2, -0.15) is 0 Å². The zero-order chi connectivity index (χ0) is 15.5. The molecule has 0 radical (unpaired) electrons. The molecule has 2 aliphatic carbocycles. The predicted octanol–water partition coefficient (Wildman–Crippen LogP) is 2.54. The molecule has 4 nitrogen and oxygen atoms in total. The highest BCUT2D eigenvalue weighted by molar-refractivity contribution is 6.18. The quantitative estimate of drug-likeness (QED) is 0.547. The molecule has 0 aromatic rings. The Labute approximate surface area is 120 Å². The maximum atomic E-state index is 12.8. The van der Waals surface area contributed by atoms with Crippen molar-refractivity contribution in [1.82, 2.24) is 0 Å². The molecule has 112 valence electrons. The van der Waals surface area contributed by atoms with Crippen molar-refractivity contribution in [3.8, 4) is 0 Å². The van der Waals surface area contributed by atoms with Crippen molar-refractivity contribution in [1.29, 1.82) is 0 Å². The lowest BCUT2D eigenvalue weighted by molar-refractivity contribution is -0.175. The third-order valence-corrected chi connectivity index (χ3v) is 4.65. The third kappa shape index (κ3) is 2.00. The molecule has 0 amide bonds. The number of hydrogen-bond acceptors (Lipinski definition) is 4. The number of fused-ring (bicyclic) bond motifs is 2. The summed E-state index contributed by atoms with van der Waals surface area (Å²) in [6.45, 7) is 11.0. The first kappa shape index (κ1) is 15.2. The molecule has 1 unspecified atom stereocenters. The molecule has 3 atom stereocenters. The predicted molar refractivity (Wildman–Crippen MR) is 74.0 cm³/mol. The van der Waals surface area contributed by atoms with Gasteiger partial charge in [-0.1, -0.05) is 20.8 Å². The van der Waals surface area contributed by atoms with Crippen LogP contribution in [0.5, 0.6) is 0 Å². The van der Waals surface area contributed by atoms with Crippen molar-refractivity contribution in [2.75, 3.05) is 0 Å². The largest absolute Gasteiger partial charge is 0.459 e. The second-order valence-electron chi connectivity index (χ2n) is 8.01. The van der Waals surface area contributed by atoms with Gasteiger partial charge in [0.2, 0.25) is 0 Å². The molecule has 20 heavy (non-hydrogen) atoms. The van der Waals surface area contributed by atoms with Crippen LogP contribution in [0.15, 0.2) is 0 Å². The highest BCUT2D eigenvalue weighted by Gasteiger charge is 2.69. The molecular formula is C16H24O4. The fourth-order valence-electron chi connectivity index (χ4n) is 3.86. The van der Waals surface area contributed by atoms with Gasteiger partial charge >= 0.3 is 5.97 Å². The first-order valence-corrected chi connectivity index (χ1v) is 7.22. The SMILES string of the molecule is C[C@@H]1CC(=O)C2C(=O)[C@@]1(C(=O)OC(C)(C)C)CC2(C)C. The van der Waals surface area contributed by atoms with Crippen LogP contribution in [0.4, 0.5) is 0 Å². The normalized spacial score (nSPS) is 36.1. The molecule has 0 spiro atoms. The van der Waals surface area contributed by atoms with Gasteiger partial charge in [0, 0.05) is 6.42 Å². The van der Waals surface area contributed by atoms with Crippen LogP contribution in [0.2, 0.25) is 0 Å². The summed E-state index contributed by atoms with van der Waals surface area (Å²) in [6.07, 6.45) is 0.699. The highest BCUT2D eigenvalue weighted by atomic mass is 16.6. The molecule has 0 heterocycles. The van der Waals surface area contributed by atoms with Crippen molar-refractivity contribution in [3.63, 3.8) is 0 Å². The maximum absolute atomic E-state index is 12.8. The Bertz CT molecular complexity index is 483. The van der Waals surface area contributed by atoms with E-state index in [4.69, 9.17) is 4.74 Å². The van der Waals surface area contributed by atoms with Gasteiger partial charge in [-0.05, 0) is 38.5 Å². The Morgan fingerprint density at radius 2 is 1.80 bits per heavy atom. The average molecular weight is 280 g/mol. The summed E-state index contributed by atoms with van der Waals surface area (Å²) in [7, 11) is 0. The minimum atomic E-state index is -1.13. The molecule has 2 saturated carbocycles. The summed E-state index contributed by atoms with van der Waals surface area (Å²) < 4.78 is 5.50. The summed E-state index contributed by atoms with van der Waals surface area (Å²) >= 11 is 0. The van der Waals surface area contributed by atoms with Crippen LogP contribution in [0.25, 0.3) is 0 Å². The number of rotatable bonds is 1. The zero-order valence-electron chi connectivity index (χ0n) is 13.2. The monoisotopic (exact) mass is 280 g/mol. The molecular weight excluding hydrogens is 256 g/mol. The summed E-state index contributed by atoms with van der Waals surface area (Å²) in [5, 5.41) is 0. The Kier molecular flexibility index (Phi) is 3.16. The van der Waals surface area contributed by atoms with Crippen LogP contribution in [0, 0.1) is 22.7 Å². The second-order valence-corrected chi connectivity index (χ2v) is 8.01. The molecule has 2 bridgehead atoms. The smallest absolute Gasteiger partial charge is 0.320 e. The Morgan fingerprint density at radius 3 is 2.30 bits per heavy atom. The van der Waals surface area contributed by atoms with Crippen LogP contribution < -0.4 is 0 Å². The molecule has 0 N–H and O–H groups in total. The van der Waals surface area contributed by atoms with E-state index in [0.29, 0.717) is 12.8 Å². The third-order valence-electron chi connectivity index (χ3n) is 4.65. The summed E-state index contributed by atoms with van der Waals surface area (Å²) in [5.74, 6) is -1.63. The van der Waals surface area contributed by atoms with Gasteiger partial charge in [0.25, 0.3) is 0 Å². The van der Waals surface area contributed by atoms with Gasteiger partial charge in [0.15, 0.2) is 5.78 Å². The molecule has 2 aliphatic rings. The van der Waals surface area contributed by atoms with E-state index >= 15 is 0 Å². The van der Waals surface area contributed by atoms with E-state index in [2.05, 4.69) is 0 Å². The van der Waals surface area contributed by atoms with E-state index in [1.54, 1.807) is 20.8 Å². The minimum Gasteiger partial charge on any atom is -0.459 e. The number of hydrogen-bond donors (Lipinski definition) is 0. The van der Waals surface area contributed by atoms with Gasteiger partial charge in [-0.15, -0.1) is 0 Å². The van der Waals surface area contributed by atoms with Gasteiger partial charge in [0.05, 0.1) is 5.92 Å². The van der Waals surface area contributed by atoms with Crippen LogP contribution in [-0.2, 0) is 19.1 Å². The van der Waals surface area contributed by atoms with Gasteiger partial charge in [0.1, 0.15) is 16.8 Å². The molecule has 2 fully saturated rings. The van der Waals surface area contributed by atoms with Crippen LogP contribution in [0.3, 0.4) is 0 Å². The lowest BCUT2D eigenvalue weighted by Crippen LogP contribution is -2.50. The van der Waals surface area contributed by atoms with E-state index in [1.807, 2.05) is 20.8 Å². The molecule has 4 heteroatoms. The van der Waals surface area contributed by atoms with Gasteiger partial charge < -0.3 is 4.74 Å². The van der Waals surface area contributed by atoms with Crippen LogP contribution >= 0.6 is 0 Å². The van der Waals surface area contributed by atoms with Gasteiger partial charge in [-0.25, -0.2) is 0 Å². The fourth-order valence-corrected chi connectivity index (χ4v) is 3.86. The van der Waals surface area contributed by atoms with E-state index in [0.717, 1.165) is 0 Å². The highest BCUT2D eigenvalue weighted by Crippen LogP contribution is 2.59. The molecule has 2 rings (SSSR count). The number of Topliss-reactive ketones (excluding diaryl/α,β-unsaturated/α-hetero) is 2. The van der Waals surface area contributed by atoms with Crippen molar-refractivity contribution in [2.45, 2.75) is 60.0 Å². The average Bonchev–Trinajstić information content (AvgIpc) is 2.37. The van der Waals surface area contributed by atoms with Gasteiger partial charge in [-0.3, -0.25) is 14.4 Å². The Morgan fingerprint density at radius 1 is 1.25 bits per heavy atom. The van der Waals surface area contributed by atoms with E-state index in [1.165, 1.54) is 0 Å². The lowest BCUT2D eigenvalue weighted by Gasteiger charge is -2.36. The van der Waals surface area contributed by atoms with Crippen molar-refractivity contribution < 1.29 is 19.1 Å². The molecule has 0 aromatic carbocycles. The van der Waals surface area contributed by atoms with Crippen molar-refractivity contribution >= 4 is 17.5 Å². The fraction of sp³-hybridized carbons (Fsp3) is 0.812. The van der Waals surface area contributed by atoms with Crippen molar-refractivity contribution in [3.05, 3.63) is 0 Å². The Balaban J connectivity index is 2.46. The number of carbonyl (C=O) groups is 3. The standard InChI is InChI=1S/C16H24O4/c1-9-7-10(17)11-12(18)16(9,8-15(11,5)6)13(19)20-14(2,3)4/h9,11H,7-8H2,1-6H3/t9-,11?,16-/m1/s1. The number of ether oxygens (including phenoxy) is 1. The number of carbonyl (C=O) groups excluding carboxylic acids is 3. The summed E-state index contributed by atoms with van der Waals surface area (Å²) in [5.41, 5.74) is -2.22. The number of ketones is 2. The molecule has 0 aromatic heterocycles. The first-order valence-electron chi connectivity index (χ1n) is 7.22. The molecule has 0 aliphatic heterocycles.